The largest absolute Gasteiger partial charge is 0.356 e. The number of aromatic nitrogens is 2. The maximum atomic E-state index is 11.8. The van der Waals surface area contributed by atoms with Crippen LogP contribution in [0.5, 0.6) is 0 Å². The van der Waals surface area contributed by atoms with E-state index in [9.17, 15) is 9.59 Å². The zero-order valence-electron chi connectivity index (χ0n) is 13.8. The minimum Gasteiger partial charge on any atom is -0.356 e. The number of hydrogen-bond acceptors (Lipinski definition) is 4. The zero-order valence-corrected chi connectivity index (χ0v) is 13.8. The highest BCUT2D eigenvalue weighted by atomic mass is 16.2. The third-order valence-electron chi connectivity index (χ3n) is 3.73. The molecule has 2 rings (SSSR count). The van der Waals surface area contributed by atoms with Gasteiger partial charge in [-0.3, -0.25) is 19.6 Å². The van der Waals surface area contributed by atoms with Crippen molar-refractivity contribution in [3.63, 3.8) is 0 Å². The lowest BCUT2D eigenvalue weighted by molar-refractivity contribution is -0.125. The molecule has 2 aromatic rings. The van der Waals surface area contributed by atoms with Crippen LogP contribution < -0.4 is 5.32 Å². The van der Waals surface area contributed by atoms with E-state index in [0.29, 0.717) is 19.4 Å². The van der Waals surface area contributed by atoms with E-state index in [4.69, 9.17) is 0 Å². The van der Waals surface area contributed by atoms with Gasteiger partial charge in [0.1, 0.15) is 5.78 Å². The van der Waals surface area contributed by atoms with Crippen LogP contribution in [0.25, 0.3) is 0 Å². The van der Waals surface area contributed by atoms with Crippen LogP contribution in [0.2, 0.25) is 0 Å². The number of carbonyl (C=O) groups is 2. The molecule has 1 amide bonds. The SMILES string of the molecule is O=C(CCCc1cccnc1)CCC(=O)NCCc1cccnc1. The summed E-state index contributed by atoms with van der Waals surface area (Å²) in [5.74, 6) is 0.0702. The van der Waals surface area contributed by atoms with Gasteiger partial charge in [-0.1, -0.05) is 12.1 Å². The van der Waals surface area contributed by atoms with E-state index in [1.54, 1.807) is 18.6 Å². The Kier molecular flexibility index (Phi) is 7.60. The first-order valence-electron chi connectivity index (χ1n) is 8.30. The van der Waals surface area contributed by atoms with E-state index in [0.717, 1.165) is 30.4 Å². The van der Waals surface area contributed by atoms with Crippen LogP contribution in [0, 0.1) is 0 Å². The Labute approximate surface area is 142 Å². The van der Waals surface area contributed by atoms with Gasteiger partial charge in [-0.15, -0.1) is 0 Å². The summed E-state index contributed by atoms with van der Waals surface area (Å²) in [4.78, 5) is 31.7. The van der Waals surface area contributed by atoms with Crippen molar-refractivity contribution in [3.05, 3.63) is 60.2 Å². The van der Waals surface area contributed by atoms with Crippen LogP contribution in [0.15, 0.2) is 49.1 Å². The average Bonchev–Trinajstić information content (AvgIpc) is 2.62. The van der Waals surface area contributed by atoms with E-state index in [1.807, 2.05) is 30.5 Å². The number of ketones is 1. The summed E-state index contributed by atoms with van der Waals surface area (Å²) in [5, 5.41) is 2.84. The molecule has 5 heteroatoms. The number of nitrogens with one attached hydrogen (secondary N) is 1. The topological polar surface area (TPSA) is 72.0 Å². The van der Waals surface area contributed by atoms with Gasteiger partial charge in [-0.25, -0.2) is 0 Å². The maximum Gasteiger partial charge on any atom is 0.220 e. The number of carbonyl (C=O) groups excluding carboxylic acids is 2. The van der Waals surface area contributed by atoms with Gasteiger partial charge in [0.05, 0.1) is 0 Å². The predicted octanol–water partition coefficient (Wildman–Crippen LogP) is 2.51. The highest BCUT2D eigenvalue weighted by Crippen LogP contribution is 2.05. The molecule has 0 atom stereocenters. The lowest BCUT2D eigenvalue weighted by Crippen LogP contribution is -2.26. The quantitative estimate of drug-likeness (QED) is 0.728. The summed E-state index contributed by atoms with van der Waals surface area (Å²) in [6.07, 6.45) is 10.5. The van der Waals surface area contributed by atoms with Gasteiger partial charge in [0.15, 0.2) is 0 Å². The molecule has 2 aromatic heterocycles. The summed E-state index contributed by atoms with van der Waals surface area (Å²) < 4.78 is 0. The number of pyridine rings is 2. The summed E-state index contributed by atoms with van der Waals surface area (Å²) in [5.41, 5.74) is 2.22. The molecule has 5 nitrogen and oxygen atoms in total. The van der Waals surface area contributed by atoms with Crippen molar-refractivity contribution in [2.75, 3.05) is 6.54 Å². The number of Topliss-reactive ketones (excluding diaryl/α,β-unsaturated/α-hetero) is 1. The number of aryl methyl sites for hydroxylation is 1. The monoisotopic (exact) mass is 325 g/mol. The van der Waals surface area contributed by atoms with Crippen LogP contribution in [0.3, 0.4) is 0 Å². The molecule has 0 unspecified atom stereocenters. The molecule has 24 heavy (non-hydrogen) atoms. The predicted molar refractivity (Wildman–Crippen MR) is 92.4 cm³/mol. The van der Waals surface area contributed by atoms with Gasteiger partial charge >= 0.3 is 0 Å². The van der Waals surface area contributed by atoms with Crippen molar-refractivity contribution >= 4 is 11.7 Å². The summed E-state index contributed by atoms with van der Waals surface area (Å²) >= 11 is 0. The van der Waals surface area contributed by atoms with Gasteiger partial charge in [0, 0.05) is 50.6 Å². The van der Waals surface area contributed by atoms with Crippen molar-refractivity contribution in [1.29, 1.82) is 0 Å². The van der Waals surface area contributed by atoms with Gasteiger partial charge in [-0.2, -0.15) is 0 Å². The smallest absolute Gasteiger partial charge is 0.220 e. The Balaban J connectivity index is 1.53. The van der Waals surface area contributed by atoms with Gasteiger partial charge in [0.25, 0.3) is 0 Å². The van der Waals surface area contributed by atoms with Crippen LogP contribution in [-0.2, 0) is 22.4 Å². The van der Waals surface area contributed by atoms with E-state index >= 15 is 0 Å². The van der Waals surface area contributed by atoms with Crippen molar-refractivity contribution in [2.45, 2.75) is 38.5 Å². The normalized spacial score (nSPS) is 10.3. The van der Waals surface area contributed by atoms with Gasteiger partial charge in [0.2, 0.25) is 5.91 Å². The lowest BCUT2D eigenvalue weighted by atomic mass is 10.1. The minimum absolute atomic E-state index is 0.0699. The molecule has 0 aliphatic carbocycles. The third-order valence-corrected chi connectivity index (χ3v) is 3.73. The highest BCUT2D eigenvalue weighted by Gasteiger charge is 2.07. The second-order valence-electron chi connectivity index (χ2n) is 5.71. The molecule has 0 radical (unpaired) electrons. The first kappa shape index (κ1) is 17.8. The highest BCUT2D eigenvalue weighted by molar-refractivity contribution is 5.84. The first-order chi connectivity index (χ1) is 11.7. The number of amides is 1. The van der Waals surface area contributed by atoms with Crippen LogP contribution in [0.1, 0.15) is 36.8 Å². The molecule has 0 aromatic carbocycles. The molecule has 0 aliphatic heterocycles. The Morgan fingerprint density at radius 1 is 0.875 bits per heavy atom. The Morgan fingerprint density at radius 2 is 1.54 bits per heavy atom. The van der Waals surface area contributed by atoms with Crippen LogP contribution in [0.4, 0.5) is 0 Å². The second-order valence-corrected chi connectivity index (χ2v) is 5.71. The molecule has 0 aliphatic rings. The van der Waals surface area contributed by atoms with Gasteiger partial charge in [-0.05, 0) is 42.5 Å². The number of rotatable bonds is 10. The zero-order chi connectivity index (χ0) is 17.0. The van der Waals surface area contributed by atoms with E-state index in [1.165, 1.54) is 0 Å². The minimum atomic E-state index is -0.0699. The molecule has 0 fully saturated rings. The first-order valence-corrected chi connectivity index (χ1v) is 8.30. The lowest BCUT2D eigenvalue weighted by Gasteiger charge is -2.05. The number of hydrogen-bond donors (Lipinski definition) is 1. The fraction of sp³-hybridized carbons (Fsp3) is 0.368. The average molecular weight is 325 g/mol. The van der Waals surface area contributed by atoms with Gasteiger partial charge < -0.3 is 5.32 Å². The van der Waals surface area contributed by atoms with Crippen molar-refractivity contribution in [1.82, 2.24) is 15.3 Å². The molecule has 1 N–H and O–H groups in total. The molecule has 2 heterocycles. The Morgan fingerprint density at radius 3 is 2.17 bits per heavy atom. The van der Waals surface area contributed by atoms with Crippen molar-refractivity contribution in [2.24, 2.45) is 0 Å². The molecule has 0 saturated carbocycles. The maximum absolute atomic E-state index is 11.8. The summed E-state index contributed by atoms with van der Waals surface area (Å²) in [7, 11) is 0. The molecule has 126 valence electrons. The van der Waals surface area contributed by atoms with E-state index in [-0.39, 0.29) is 18.1 Å². The van der Waals surface area contributed by atoms with E-state index < -0.39 is 0 Å². The van der Waals surface area contributed by atoms with E-state index in [2.05, 4.69) is 15.3 Å². The Hall–Kier alpha value is -2.56. The number of nitrogens with zero attached hydrogens (tertiary/aromatic N) is 2. The molecular weight excluding hydrogens is 302 g/mol. The summed E-state index contributed by atoms with van der Waals surface area (Å²) in [6.45, 7) is 0.569. The second kappa shape index (κ2) is 10.3. The molecule has 0 saturated heterocycles. The Bertz CT molecular complexity index is 572. The summed E-state index contributed by atoms with van der Waals surface area (Å²) in [6, 6.07) is 7.76. The van der Waals surface area contributed by atoms with Crippen molar-refractivity contribution in [3.8, 4) is 0 Å². The van der Waals surface area contributed by atoms with Crippen molar-refractivity contribution < 1.29 is 9.59 Å². The van der Waals surface area contributed by atoms with Crippen LogP contribution in [-0.4, -0.2) is 28.2 Å². The molecular formula is C19H23N3O2. The molecule has 0 spiro atoms. The fourth-order valence-corrected chi connectivity index (χ4v) is 2.39. The van der Waals surface area contributed by atoms with Crippen LogP contribution >= 0.6 is 0 Å². The third kappa shape index (κ3) is 7.13. The molecule has 0 bridgehead atoms. The fourth-order valence-electron chi connectivity index (χ4n) is 2.39. The standard InChI is InChI=1S/C19H23N3O2/c23-18(7-1-4-16-5-2-11-20-14-16)8-9-19(24)22-13-10-17-6-3-12-21-15-17/h2-3,5-6,11-12,14-15H,1,4,7-10,13H2,(H,22,24).